The Morgan fingerprint density at radius 1 is 1.27 bits per heavy atom. The average Bonchev–Trinajstić information content (AvgIpc) is 2.67. The normalized spacial score (nSPS) is 26.1. The van der Waals surface area contributed by atoms with Crippen LogP contribution in [0.2, 0.25) is 0 Å². The highest BCUT2D eigenvalue weighted by atomic mass is 16.7. The summed E-state index contributed by atoms with van der Waals surface area (Å²) in [5.41, 5.74) is 1.62. The third-order valence-corrected chi connectivity index (χ3v) is 6.92. The lowest BCUT2D eigenvalue weighted by Gasteiger charge is -2.47. The summed E-state index contributed by atoms with van der Waals surface area (Å²) in [6.07, 6.45) is 4.15. The van der Waals surface area contributed by atoms with Crippen molar-refractivity contribution in [3.8, 4) is 11.5 Å². The Labute approximate surface area is 178 Å². The Kier molecular flexibility index (Phi) is 5.35. The molecule has 6 nitrogen and oxygen atoms in total. The van der Waals surface area contributed by atoms with Crippen LogP contribution in [0.1, 0.15) is 64.5 Å². The van der Waals surface area contributed by atoms with Gasteiger partial charge >= 0.3 is 5.97 Å². The monoisotopic (exact) mass is 415 g/mol. The molecule has 1 fully saturated rings. The largest absolute Gasteiger partial charge is 0.508 e. The molecule has 1 N–H and O–H groups in total. The number of ether oxygens (including phenoxy) is 2. The molecule has 164 valence electrons. The second-order valence-corrected chi connectivity index (χ2v) is 9.86. The molecule has 2 heterocycles. The zero-order valence-electron chi connectivity index (χ0n) is 18.7. The van der Waals surface area contributed by atoms with E-state index >= 15 is 0 Å². The van der Waals surface area contributed by atoms with Crippen LogP contribution in [0.25, 0.3) is 0 Å². The first kappa shape index (κ1) is 21.2. The predicted octanol–water partition coefficient (Wildman–Crippen LogP) is 4.07. The second-order valence-electron chi connectivity index (χ2n) is 9.86. The highest BCUT2D eigenvalue weighted by Crippen LogP contribution is 2.54. The number of morpholine rings is 1. The Hall–Kier alpha value is -2.05. The number of fused-ring (bicyclic) bond motifs is 3. The van der Waals surface area contributed by atoms with E-state index < -0.39 is 5.41 Å². The highest BCUT2D eigenvalue weighted by molar-refractivity contribution is 5.82. The lowest BCUT2D eigenvalue weighted by molar-refractivity contribution is -0.210. The number of nitrogens with zero attached hydrogens (tertiary/aromatic N) is 1. The molecule has 0 spiro atoms. The summed E-state index contributed by atoms with van der Waals surface area (Å²) >= 11 is 0. The third kappa shape index (κ3) is 3.71. The van der Waals surface area contributed by atoms with Crippen LogP contribution < -0.4 is 4.74 Å². The van der Waals surface area contributed by atoms with Gasteiger partial charge in [-0.05, 0) is 65.2 Å². The summed E-state index contributed by atoms with van der Waals surface area (Å²) in [7, 11) is 0. The fourth-order valence-electron chi connectivity index (χ4n) is 4.91. The van der Waals surface area contributed by atoms with E-state index in [2.05, 4.69) is 26.8 Å². The lowest BCUT2D eigenvalue weighted by Crippen LogP contribution is -2.45. The molecule has 3 aliphatic rings. The number of carbonyl (C=O) groups is 1. The van der Waals surface area contributed by atoms with Gasteiger partial charge in [-0.25, -0.2) is 4.79 Å². The number of hydrogen-bond donors (Lipinski definition) is 1. The molecule has 4 rings (SSSR count). The van der Waals surface area contributed by atoms with Crippen molar-refractivity contribution in [1.29, 1.82) is 0 Å². The van der Waals surface area contributed by atoms with Crippen molar-refractivity contribution in [1.82, 2.24) is 5.06 Å². The van der Waals surface area contributed by atoms with E-state index in [1.807, 2.05) is 19.9 Å². The van der Waals surface area contributed by atoms with Gasteiger partial charge < -0.3 is 19.4 Å². The number of phenolic OH excluding ortho intramolecular Hbond substituents is 1. The van der Waals surface area contributed by atoms with Crippen LogP contribution in [0.4, 0.5) is 0 Å². The first-order valence-electron chi connectivity index (χ1n) is 10.9. The van der Waals surface area contributed by atoms with Crippen LogP contribution in [0.5, 0.6) is 11.5 Å². The van der Waals surface area contributed by atoms with Crippen LogP contribution in [0.15, 0.2) is 23.8 Å². The van der Waals surface area contributed by atoms with E-state index in [-0.39, 0.29) is 23.2 Å². The predicted molar refractivity (Wildman–Crippen MR) is 114 cm³/mol. The number of hydrogen-bond acceptors (Lipinski definition) is 6. The topological polar surface area (TPSA) is 68.2 Å². The van der Waals surface area contributed by atoms with Crippen LogP contribution in [0, 0.1) is 5.92 Å². The fraction of sp³-hybridized carbons (Fsp3) is 0.625. The van der Waals surface area contributed by atoms with Gasteiger partial charge in [-0.2, -0.15) is 0 Å². The molecule has 2 atom stereocenters. The van der Waals surface area contributed by atoms with Gasteiger partial charge in [-0.15, -0.1) is 5.06 Å². The Bertz CT molecular complexity index is 867. The Morgan fingerprint density at radius 3 is 2.67 bits per heavy atom. The number of benzene rings is 1. The number of hydroxylamine groups is 2. The summed E-state index contributed by atoms with van der Waals surface area (Å²) < 4.78 is 11.7. The molecular weight excluding hydrogens is 382 g/mol. The number of aromatic hydroxyl groups is 1. The number of carbonyl (C=O) groups excluding carboxylic acids is 1. The van der Waals surface area contributed by atoms with Gasteiger partial charge in [0.1, 0.15) is 17.1 Å². The summed E-state index contributed by atoms with van der Waals surface area (Å²) in [6.45, 7) is 12.2. The molecule has 0 amide bonds. The lowest BCUT2D eigenvalue weighted by atomic mass is 9.67. The summed E-state index contributed by atoms with van der Waals surface area (Å²) in [4.78, 5) is 18.6. The highest BCUT2D eigenvalue weighted by Gasteiger charge is 2.46. The van der Waals surface area contributed by atoms with Crippen molar-refractivity contribution in [2.45, 2.75) is 64.4 Å². The number of phenols is 1. The molecular formula is C24H33NO5. The van der Waals surface area contributed by atoms with E-state index in [1.54, 1.807) is 11.1 Å². The van der Waals surface area contributed by atoms with Gasteiger partial charge in [0.05, 0.1) is 31.7 Å². The van der Waals surface area contributed by atoms with E-state index in [0.29, 0.717) is 43.5 Å². The maximum Gasteiger partial charge on any atom is 0.334 e. The van der Waals surface area contributed by atoms with E-state index in [4.69, 9.17) is 14.3 Å². The summed E-state index contributed by atoms with van der Waals surface area (Å²) in [6, 6.07) is 3.63. The van der Waals surface area contributed by atoms with Crippen molar-refractivity contribution < 1.29 is 24.2 Å². The minimum Gasteiger partial charge on any atom is -0.508 e. The van der Waals surface area contributed by atoms with Gasteiger partial charge in [0, 0.05) is 17.4 Å². The molecule has 1 unspecified atom stereocenters. The number of allylic oxidation sites excluding steroid dienone is 2. The molecule has 0 saturated carbocycles. The smallest absolute Gasteiger partial charge is 0.334 e. The van der Waals surface area contributed by atoms with Crippen molar-refractivity contribution in [3.05, 3.63) is 34.9 Å². The zero-order chi connectivity index (χ0) is 21.7. The SMILES string of the molecule is CC1=CCC2[C@@H](C1)c1c(O)cc(C(C)(C)C(=O)ON3CCOCC3)cc1OC2(C)C. The van der Waals surface area contributed by atoms with Crippen LogP contribution in [-0.2, 0) is 19.8 Å². The third-order valence-electron chi connectivity index (χ3n) is 6.92. The van der Waals surface area contributed by atoms with E-state index in [1.165, 1.54) is 5.57 Å². The average molecular weight is 416 g/mol. The van der Waals surface area contributed by atoms with Gasteiger partial charge in [0.2, 0.25) is 0 Å². The molecule has 2 aliphatic heterocycles. The fourth-order valence-corrected chi connectivity index (χ4v) is 4.91. The van der Waals surface area contributed by atoms with Crippen LogP contribution >= 0.6 is 0 Å². The van der Waals surface area contributed by atoms with Gasteiger partial charge in [-0.3, -0.25) is 0 Å². The van der Waals surface area contributed by atoms with Crippen LogP contribution in [0.3, 0.4) is 0 Å². The standard InChI is InChI=1S/C24H33NO5/c1-15-6-7-18-17(12-15)21-19(26)13-16(14-20(21)29-24(18,4)5)23(2,3)22(27)30-25-8-10-28-11-9-25/h6,13-14,17-18,26H,7-12H2,1-5H3/t17-,18?/m1/s1. The van der Waals surface area contributed by atoms with Gasteiger partial charge in [-0.1, -0.05) is 11.6 Å². The van der Waals surface area contributed by atoms with Gasteiger partial charge in [0.15, 0.2) is 0 Å². The first-order chi connectivity index (χ1) is 14.1. The zero-order valence-corrected chi connectivity index (χ0v) is 18.7. The molecule has 1 aromatic rings. The summed E-state index contributed by atoms with van der Waals surface area (Å²) in [5, 5.41) is 12.7. The molecule has 30 heavy (non-hydrogen) atoms. The van der Waals surface area contributed by atoms with E-state index in [9.17, 15) is 9.90 Å². The van der Waals surface area contributed by atoms with Crippen molar-refractivity contribution >= 4 is 5.97 Å². The molecule has 1 aromatic carbocycles. The molecule has 1 aliphatic carbocycles. The van der Waals surface area contributed by atoms with Gasteiger partial charge in [0.25, 0.3) is 0 Å². The van der Waals surface area contributed by atoms with Crippen molar-refractivity contribution in [2.24, 2.45) is 5.92 Å². The minimum absolute atomic E-state index is 0.204. The second kappa shape index (κ2) is 7.57. The molecule has 0 bridgehead atoms. The maximum atomic E-state index is 13.0. The maximum absolute atomic E-state index is 13.0. The summed E-state index contributed by atoms with van der Waals surface area (Å²) in [5.74, 6) is 1.05. The molecule has 0 radical (unpaired) electrons. The van der Waals surface area contributed by atoms with Crippen molar-refractivity contribution in [2.75, 3.05) is 26.3 Å². The minimum atomic E-state index is -0.933. The molecule has 1 saturated heterocycles. The quantitative estimate of drug-likeness (QED) is 0.751. The Morgan fingerprint density at radius 2 is 1.97 bits per heavy atom. The molecule has 0 aromatic heterocycles. The van der Waals surface area contributed by atoms with Crippen molar-refractivity contribution in [3.63, 3.8) is 0 Å². The molecule has 6 heteroatoms. The van der Waals surface area contributed by atoms with E-state index in [0.717, 1.165) is 18.4 Å². The number of rotatable bonds is 3. The first-order valence-corrected chi connectivity index (χ1v) is 10.9. The van der Waals surface area contributed by atoms with Crippen LogP contribution in [-0.4, -0.2) is 48.0 Å². The Balaban J connectivity index is 1.66.